The second kappa shape index (κ2) is 6.11. The Balaban J connectivity index is 1.66. The molecule has 21 heavy (non-hydrogen) atoms. The monoisotopic (exact) mass is 293 g/mol. The van der Waals surface area contributed by atoms with Crippen molar-refractivity contribution in [1.29, 1.82) is 5.26 Å². The number of aromatic nitrogens is 3. The third-order valence-electron chi connectivity index (χ3n) is 2.80. The lowest BCUT2D eigenvalue weighted by Gasteiger charge is -2.01. The molecule has 0 bridgehead atoms. The van der Waals surface area contributed by atoms with E-state index in [1.165, 1.54) is 0 Å². The molecule has 6 heteroatoms. The van der Waals surface area contributed by atoms with Gasteiger partial charge in [-0.15, -0.1) is 21.5 Å². The molecule has 1 aromatic carbocycles. The minimum atomic E-state index is 0.306. The Hall–Kier alpha value is -2.78. The predicted molar refractivity (Wildman–Crippen MR) is 81.6 cm³/mol. The van der Waals surface area contributed by atoms with Crippen LogP contribution in [0.2, 0.25) is 0 Å². The highest BCUT2D eigenvalue weighted by atomic mass is 32.1. The van der Waals surface area contributed by atoms with Crippen molar-refractivity contribution in [2.75, 3.05) is 5.32 Å². The predicted octanol–water partition coefficient (Wildman–Crippen LogP) is 3.08. The maximum Gasteiger partial charge on any atom is 0.163 e. The van der Waals surface area contributed by atoms with E-state index in [1.807, 2.05) is 41.8 Å². The average molecular weight is 293 g/mol. The van der Waals surface area contributed by atoms with Crippen LogP contribution in [0.5, 0.6) is 0 Å². The van der Waals surface area contributed by atoms with Gasteiger partial charge in [0.1, 0.15) is 16.9 Å². The number of nitrogens with one attached hydrogen (secondary N) is 1. The van der Waals surface area contributed by atoms with Gasteiger partial charge in [0.25, 0.3) is 0 Å². The van der Waals surface area contributed by atoms with Crippen LogP contribution in [-0.2, 0) is 6.54 Å². The normalized spacial score (nSPS) is 10.0. The van der Waals surface area contributed by atoms with Gasteiger partial charge in [-0.1, -0.05) is 30.3 Å². The molecule has 0 unspecified atom stereocenters. The summed E-state index contributed by atoms with van der Waals surface area (Å²) < 4.78 is 0. The molecule has 5 nitrogen and oxygen atoms in total. The summed E-state index contributed by atoms with van der Waals surface area (Å²) in [4.78, 5) is 4.58. The Kier molecular flexibility index (Phi) is 3.85. The standard InChI is InChI=1S/C15H11N5S/c16-8-12-6-7-14(20-19-12)17-9-13-10-21-15(18-13)11-4-2-1-3-5-11/h1-7,10H,9H2,(H,17,20). The van der Waals surface area contributed by atoms with Crippen molar-refractivity contribution in [3.05, 3.63) is 59.2 Å². The van der Waals surface area contributed by atoms with Crippen LogP contribution in [0.15, 0.2) is 47.8 Å². The quantitative estimate of drug-likeness (QED) is 0.800. The lowest BCUT2D eigenvalue weighted by Crippen LogP contribution is -2.03. The van der Waals surface area contributed by atoms with Crippen LogP contribution in [0.4, 0.5) is 5.82 Å². The summed E-state index contributed by atoms with van der Waals surface area (Å²) in [5, 5.41) is 22.5. The van der Waals surface area contributed by atoms with Gasteiger partial charge >= 0.3 is 0 Å². The Morgan fingerprint density at radius 1 is 1.10 bits per heavy atom. The number of nitrogens with zero attached hydrogens (tertiary/aromatic N) is 4. The summed E-state index contributed by atoms with van der Waals surface area (Å²) in [6, 6.07) is 15.4. The Morgan fingerprint density at radius 3 is 2.67 bits per heavy atom. The lowest BCUT2D eigenvalue weighted by molar-refractivity contribution is 0.974. The fourth-order valence-corrected chi connectivity index (χ4v) is 2.59. The van der Waals surface area contributed by atoms with Gasteiger partial charge in [-0.3, -0.25) is 0 Å². The van der Waals surface area contributed by atoms with E-state index in [0.717, 1.165) is 16.3 Å². The van der Waals surface area contributed by atoms with E-state index in [1.54, 1.807) is 23.5 Å². The summed E-state index contributed by atoms with van der Waals surface area (Å²) in [5.41, 5.74) is 2.37. The molecule has 0 spiro atoms. The van der Waals surface area contributed by atoms with Crippen molar-refractivity contribution < 1.29 is 0 Å². The van der Waals surface area contributed by atoms with Crippen LogP contribution < -0.4 is 5.32 Å². The van der Waals surface area contributed by atoms with Crippen molar-refractivity contribution in [1.82, 2.24) is 15.2 Å². The molecule has 0 aliphatic heterocycles. The summed E-state index contributed by atoms with van der Waals surface area (Å²) in [7, 11) is 0. The first kappa shape index (κ1) is 13.2. The number of benzene rings is 1. The van der Waals surface area contributed by atoms with E-state index in [0.29, 0.717) is 18.1 Å². The molecule has 2 aromatic heterocycles. The van der Waals surface area contributed by atoms with E-state index in [-0.39, 0.29) is 0 Å². The van der Waals surface area contributed by atoms with Crippen molar-refractivity contribution >= 4 is 17.2 Å². The number of anilines is 1. The van der Waals surface area contributed by atoms with Gasteiger partial charge < -0.3 is 5.32 Å². The van der Waals surface area contributed by atoms with Crippen LogP contribution in [-0.4, -0.2) is 15.2 Å². The third-order valence-corrected chi connectivity index (χ3v) is 3.74. The zero-order valence-electron chi connectivity index (χ0n) is 11.0. The topological polar surface area (TPSA) is 74.5 Å². The summed E-state index contributed by atoms with van der Waals surface area (Å²) in [5.74, 6) is 0.628. The molecule has 0 saturated heterocycles. The molecule has 0 atom stereocenters. The Labute approximate surface area is 125 Å². The minimum absolute atomic E-state index is 0.306. The number of rotatable bonds is 4. The molecular formula is C15H11N5S. The molecule has 2 heterocycles. The van der Waals surface area contributed by atoms with E-state index in [4.69, 9.17) is 5.26 Å². The minimum Gasteiger partial charge on any atom is -0.363 e. The van der Waals surface area contributed by atoms with Gasteiger partial charge in [0.15, 0.2) is 5.69 Å². The molecular weight excluding hydrogens is 282 g/mol. The van der Waals surface area contributed by atoms with Gasteiger partial charge in [0.2, 0.25) is 0 Å². The van der Waals surface area contributed by atoms with Gasteiger partial charge in [0.05, 0.1) is 12.2 Å². The number of thiazole rings is 1. The molecule has 102 valence electrons. The lowest BCUT2D eigenvalue weighted by atomic mass is 10.2. The van der Waals surface area contributed by atoms with Crippen LogP contribution in [0.25, 0.3) is 10.6 Å². The zero-order chi connectivity index (χ0) is 14.5. The van der Waals surface area contributed by atoms with Gasteiger partial charge in [0, 0.05) is 10.9 Å². The second-order valence-corrected chi connectivity index (χ2v) is 5.14. The maximum atomic E-state index is 8.67. The summed E-state index contributed by atoms with van der Waals surface area (Å²) in [6.07, 6.45) is 0. The fourth-order valence-electron chi connectivity index (χ4n) is 1.77. The third kappa shape index (κ3) is 3.22. The maximum absolute atomic E-state index is 8.67. The zero-order valence-corrected chi connectivity index (χ0v) is 11.8. The molecule has 0 aliphatic rings. The summed E-state index contributed by atoms with van der Waals surface area (Å²) >= 11 is 1.61. The van der Waals surface area contributed by atoms with E-state index < -0.39 is 0 Å². The highest BCUT2D eigenvalue weighted by Crippen LogP contribution is 2.23. The molecule has 0 amide bonds. The molecule has 0 radical (unpaired) electrons. The molecule has 0 aliphatic carbocycles. The van der Waals surface area contributed by atoms with Gasteiger partial charge in [-0.2, -0.15) is 5.26 Å². The van der Waals surface area contributed by atoms with Gasteiger partial charge in [-0.25, -0.2) is 4.98 Å². The van der Waals surface area contributed by atoms with Crippen molar-refractivity contribution in [3.8, 4) is 16.6 Å². The summed E-state index contributed by atoms with van der Waals surface area (Å²) in [6.45, 7) is 0.573. The number of nitriles is 1. The van der Waals surface area contributed by atoms with Gasteiger partial charge in [-0.05, 0) is 12.1 Å². The van der Waals surface area contributed by atoms with Crippen molar-refractivity contribution in [2.45, 2.75) is 6.54 Å². The van der Waals surface area contributed by atoms with E-state index in [9.17, 15) is 0 Å². The van der Waals surface area contributed by atoms with Crippen molar-refractivity contribution in [2.24, 2.45) is 0 Å². The Morgan fingerprint density at radius 2 is 1.95 bits per heavy atom. The molecule has 0 fully saturated rings. The first-order valence-corrected chi connectivity index (χ1v) is 7.20. The molecule has 3 rings (SSSR count). The first-order chi connectivity index (χ1) is 10.3. The van der Waals surface area contributed by atoms with Crippen molar-refractivity contribution in [3.63, 3.8) is 0 Å². The molecule has 0 saturated carbocycles. The average Bonchev–Trinajstić information content (AvgIpc) is 3.03. The largest absolute Gasteiger partial charge is 0.363 e. The number of hydrogen-bond acceptors (Lipinski definition) is 6. The highest BCUT2D eigenvalue weighted by molar-refractivity contribution is 7.13. The number of hydrogen-bond donors (Lipinski definition) is 1. The smallest absolute Gasteiger partial charge is 0.163 e. The second-order valence-electron chi connectivity index (χ2n) is 4.28. The molecule has 3 aromatic rings. The fraction of sp³-hybridized carbons (Fsp3) is 0.0667. The van der Waals surface area contributed by atoms with E-state index >= 15 is 0 Å². The first-order valence-electron chi connectivity index (χ1n) is 6.33. The SMILES string of the molecule is N#Cc1ccc(NCc2csc(-c3ccccc3)n2)nn1. The van der Waals surface area contributed by atoms with Crippen LogP contribution >= 0.6 is 11.3 Å². The van der Waals surface area contributed by atoms with Crippen LogP contribution in [0.3, 0.4) is 0 Å². The van der Waals surface area contributed by atoms with Crippen LogP contribution in [0.1, 0.15) is 11.4 Å². The Bertz CT molecular complexity index is 759. The highest BCUT2D eigenvalue weighted by Gasteiger charge is 2.04. The molecule has 1 N–H and O–H groups in total. The van der Waals surface area contributed by atoms with E-state index in [2.05, 4.69) is 20.5 Å². The van der Waals surface area contributed by atoms with Crippen LogP contribution in [0, 0.1) is 11.3 Å².